The molecule has 1 aliphatic rings. The summed E-state index contributed by atoms with van der Waals surface area (Å²) in [6.45, 7) is 4.38. The van der Waals surface area contributed by atoms with Gasteiger partial charge in [0.1, 0.15) is 23.0 Å². The van der Waals surface area contributed by atoms with E-state index in [1.165, 1.54) is 15.8 Å². The zero-order valence-corrected chi connectivity index (χ0v) is 15.6. The minimum absolute atomic E-state index is 0.349. The fraction of sp³-hybridized carbons (Fsp3) is 0.316. The summed E-state index contributed by atoms with van der Waals surface area (Å²) in [5.41, 5.74) is 2.30. The molecule has 0 bridgehead atoms. The second-order valence-electron chi connectivity index (χ2n) is 6.70. The number of aryl methyl sites for hydroxylation is 1. The Labute approximate surface area is 155 Å². The molecule has 0 N–H and O–H groups in total. The van der Waals surface area contributed by atoms with E-state index in [1.807, 2.05) is 41.8 Å². The van der Waals surface area contributed by atoms with Gasteiger partial charge >= 0.3 is 0 Å². The summed E-state index contributed by atoms with van der Waals surface area (Å²) in [4.78, 5) is 14.4. The highest BCUT2D eigenvalue weighted by atomic mass is 32.1. The Morgan fingerprint density at radius 2 is 2.04 bits per heavy atom. The molecule has 0 atom stereocenters. The molecule has 132 valence electrons. The minimum Gasteiger partial charge on any atom is -0.486 e. The second kappa shape index (κ2) is 6.03. The third-order valence-corrected chi connectivity index (χ3v) is 5.90. The van der Waals surface area contributed by atoms with Crippen molar-refractivity contribution in [2.24, 2.45) is 0 Å². The summed E-state index contributed by atoms with van der Waals surface area (Å²) >= 11 is 1.79. The predicted octanol–water partition coefficient (Wildman–Crippen LogP) is 3.21. The van der Waals surface area contributed by atoms with Crippen LogP contribution in [0.2, 0.25) is 0 Å². The quantitative estimate of drug-likeness (QED) is 0.558. The number of hydrogen-bond donors (Lipinski definition) is 0. The Hall–Kier alpha value is -2.51. The van der Waals surface area contributed by atoms with Crippen LogP contribution >= 0.6 is 11.3 Å². The van der Waals surface area contributed by atoms with Crippen molar-refractivity contribution in [2.45, 2.75) is 26.5 Å². The van der Waals surface area contributed by atoms with Crippen LogP contribution in [0.15, 0.2) is 30.3 Å². The van der Waals surface area contributed by atoms with E-state index in [4.69, 9.17) is 14.7 Å². The molecule has 0 unspecified atom stereocenters. The summed E-state index contributed by atoms with van der Waals surface area (Å²) in [7, 11) is 2.16. The number of thiophene rings is 1. The second-order valence-corrected chi connectivity index (χ2v) is 7.78. The first kappa shape index (κ1) is 15.7. The summed E-state index contributed by atoms with van der Waals surface area (Å²) in [6, 6.07) is 9.76. The normalized spacial score (nSPS) is 14.8. The fourth-order valence-electron chi connectivity index (χ4n) is 3.49. The Kier molecular flexibility index (Phi) is 3.65. The van der Waals surface area contributed by atoms with Gasteiger partial charge < -0.3 is 9.64 Å². The number of ether oxygens (including phenoxy) is 1. The van der Waals surface area contributed by atoms with E-state index < -0.39 is 0 Å². The molecule has 0 radical (unpaired) electrons. The minimum atomic E-state index is 0.349. The molecule has 4 heterocycles. The molecule has 26 heavy (non-hydrogen) atoms. The maximum atomic E-state index is 5.82. The summed E-state index contributed by atoms with van der Waals surface area (Å²) < 4.78 is 7.68. The van der Waals surface area contributed by atoms with Crippen molar-refractivity contribution in [3.63, 3.8) is 0 Å². The van der Waals surface area contributed by atoms with Gasteiger partial charge in [0.05, 0.1) is 5.39 Å². The number of likely N-dealkylation sites (N-methyl/N-ethyl adjacent to an activating group) is 1. The maximum absolute atomic E-state index is 5.82. The lowest BCUT2D eigenvalue weighted by atomic mass is 10.1. The molecule has 0 aliphatic carbocycles. The van der Waals surface area contributed by atoms with Gasteiger partial charge in [-0.1, -0.05) is 18.2 Å². The molecule has 4 aromatic rings. The molecule has 3 aromatic heterocycles. The molecule has 0 spiro atoms. The Bertz CT molecular complexity index is 1100. The van der Waals surface area contributed by atoms with Gasteiger partial charge in [-0.25, -0.2) is 9.97 Å². The van der Waals surface area contributed by atoms with Crippen LogP contribution in [-0.4, -0.2) is 38.1 Å². The Morgan fingerprint density at radius 3 is 2.88 bits per heavy atom. The Balaban J connectivity index is 1.58. The first-order valence-corrected chi connectivity index (χ1v) is 9.53. The van der Waals surface area contributed by atoms with Crippen molar-refractivity contribution in [2.75, 3.05) is 13.6 Å². The molecule has 0 amide bonds. The molecule has 6 nitrogen and oxygen atoms in total. The lowest BCUT2D eigenvalue weighted by Gasteiger charge is -2.21. The first-order valence-electron chi connectivity index (χ1n) is 8.72. The van der Waals surface area contributed by atoms with Gasteiger partial charge in [-0.05, 0) is 38.1 Å². The molecule has 0 fully saturated rings. The number of fused-ring (bicyclic) bond motifs is 5. The molecule has 5 rings (SSSR count). The lowest BCUT2D eigenvalue weighted by molar-refractivity contribution is 0.296. The van der Waals surface area contributed by atoms with Crippen LogP contribution in [0.1, 0.15) is 22.1 Å². The van der Waals surface area contributed by atoms with Gasteiger partial charge in [0.15, 0.2) is 11.5 Å². The highest BCUT2D eigenvalue weighted by Gasteiger charge is 2.23. The van der Waals surface area contributed by atoms with Crippen molar-refractivity contribution in [1.29, 1.82) is 0 Å². The van der Waals surface area contributed by atoms with Crippen molar-refractivity contribution in [1.82, 2.24) is 24.5 Å². The maximum Gasteiger partial charge on any atom is 0.189 e. The zero-order chi connectivity index (χ0) is 17.7. The highest BCUT2D eigenvalue weighted by Crippen LogP contribution is 2.36. The van der Waals surface area contributed by atoms with Crippen LogP contribution in [-0.2, 0) is 19.6 Å². The van der Waals surface area contributed by atoms with Gasteiger partial charge in [-0.2, -0.15) is 4.52 Å². The van der Waals surface area contributed by atoms with Gasteiger partial charge in [0.25, 0.3) is 0 Å². The van der Waals surface area contributed by atoms with E-state index in [0.717, 1.165) is 41.6 Å². The number of rotatable bonds is 3. The van der Waals surface area contributed by atoms with Crippen LogP contribution in [0.3, 0.4) is 0 Å². The lowest BCUT2D eigenvalue weighted by Crippen LogP contribution is -2.25. The number of aromatic nitrogens is 4. The molecule has 0 saturated carbocycles. The van der Waals surface area contributed by atoms with Gasteiger partial charge in [0, 0.05) is 18.0 Å². The van der Waals surface area contributed by atoms with Crippen LogP contribution in [0.5, 0.6) is 5.75 Å². The third-order valence-electron chi connectivity index (χ3n) is 4.78. The SMILES string of the molecule is Cc1nc2sc3c(c2c2nc(COc4ccccc4)nn12)CCN(C)C3. The summed E-state index contributed by atoms with van der Waals surface area (Å²) in [6.07, 6.45) is 1.04. The average Bonchev–Trinajstić information content (AvgIpc) is 3.21. The number of para-hydroxylation sites is 1. The van der Waals surface area contributed by atoms with E-state index in [2.05, 4.69) is 17.0 Å². The van der Waals surface area contributed by atoms with E-state index in [-0.39, 0.29) is 0 Å². The topological polar surface area (TPSA) is 55.6 Å². The van der Waals surface area contributed by atoms with E-state index in [9.17, 15) is 0 Å². The molecule has 1 aliphatic heterocycles. The molecular weight excluding hydrogens is 346 g/mol. The smallest absolute Gasteiger partial charge is 0.189 e. The standard InChI is InChI=1S/C19H19N5OS/c1-12-20-19-17(14-8-9-23(2)10-15(14)26-19)18-21-16(22-24(12)18)11-25-13-6-4-3-5-7-13/h3-7H,8-11H2,1-2H3. The van der Waals surface area contributed by atoms with Crippen LogP contribution < -0.4 is 4.74 Å². The van der Waals surface area contributed by atoms with Crippen LogP contribution in [0, 0.1) is 6.92 Å². The van der Waals surface area contributed by atoms with Gasteiger partial charge in [-0.15, -0.1) is 16.4 Å². The Morgan fingerprint density at radius 1 is 1.19 bits per heavy atom. The van der Waals surface area contributed by atoms with Crippen molar-refractivity contribution in [3.05, 3.63) is 52.4 Å². The monoisotopic (exact) mass is 365 g/mol. The number of nitrogens with zero attached hydrogens (tertiary/aromatic N) is 5. The predicted molar refractivity (Wildman–Crippen MR) is 102 cm³/mol. The van der Waals surface area contributed by atoms with E-state index in [0.29, 0.717) is 12.4 Å². The molecular formula is C19H19N5OS. The average molecular weight is 365 g/mol. The first-order chi connectivity index (χ1) is 12.7. The summed E-state index contributed by atoms with van der Waals surface area (Å²) in [5.74, 6) is 2.36. The number of hydrogen-bond acceptors (Lipinski definition) is 6. The molecule has 1 aromatic carbocycles. The van der Waals surface area contributed by atoms with Gasteiger partial charge in [-0.3, -0.25) is 0 Å². The zero-order valence-electron chi connectivity index (χ0n) is 14.8. The van der Waals surface area contributed by atoms with Crippen molar-refractivity contribution in [3.8, 4) is 5.75 Å². The summed E-state index contributed by atoms with van der Waals surface area (Å²) in [5, 5.41) is 5.80. The highest BCUT2D eigenvalue weighted by molar-refractivity contribution is 7.19. The van der Waals surface area contributed by atoms with E-state index in [1.54, 1.807) is 11.3 Å². The fourth-order valence-corrected chi connectivity index (χ4v) is 4.83. The third kappa shape index (κ3) is 2.55. The van der Waals surface area contributed by atoms with Crippen molar-refractivity contribution < 1.29 is 4.74 Å². The molecule has 0 saturated heterocycles. The van der Waals surface area contributed by atoms with E-state index >= 15 is 0 Å². The van der Waals surface area contributed by atoms with Crippen LogP contribution in [0.25, 0.3) is 15.9 Å². The van der Waals surface area contributed by atoms with Crippen molar-refractivity contribution >= 4 is 27.2 Å². The number of benzene rings is 1. The largest absolute Gasteiger partial charge is 0.486 e. The molecule has 7 heteroatoms. The van der Waals surface area contributed by atoms with Gasteiger partial charge in [0.2, 0.25) is 0 Å². The van der Waals surface area contributed by atoms with Crippen LogP contribution in [0.4, 0.5) is 0 Å².